The molecule has 2 heteroatoms. The van der Waals surface area contributed by atoms with Crippen molar-refractivity contribution in [3.05, 3.63) is 12.4 Å². The Labute approximate surface area is 235 Å². The largest absolute Gasteiger partial charge is 0.356 e. The smallest absolute Gasteiger partial charge is 0.101 e. The Morgan fingerprint density at radius 3 is 1.03 bits per heavy atom. The van der Waals surface area contributed by atoms with Crippen LogP contribution in [0.3, 0.4) is 0 Å². The summed E-state index contributed by atoms with van der Waals surface area (Å²) in [6.07, 6.45) is 44.1. The van der Waals surface area contributed by atoms with E-state index in [4.69, 9.17) is 0 Å². The van der Waals surface area contributed by atoms with Gasteiger partial charge in [0.05, 0.1) is 0 Å². The van der Waals surface area contributed by atoms with Crippen molar-refractivity contribution < 1.29 is 0 Å². The molecule has 0 aromatic heterocycles. The van der Waals surface area contributed by atoms with Gasteiger partial charge in [0.1, 0.15) is 6.17 Å². The van der Waals surface area contributed by atoms with E-state index in [1.165, 1.54) is 186 Å². The summed E-state index contributed by atoms with van der Waals surface area (Å²) in [4.78, 5) is 5.33. The topological polar surface area (TPSA) is 6.48 Å². The highest BCUT2D eigenvalue weighted by Gasteiger charge is 2.24. The lowest BCUT2D eigenvalue weighted by atomic mass is 10.0. The maximum Gasteiger partial charge on any atom is 0.101 e. The fourth-order valence-corrected chi connectivity index (χ4v) is 5.98. The van der Waals surface area contributed by atoms with Gasteiger partial charge in [0, 0.05) is 25.5 Å². The molecule has 0 fully saturated rings. The zero-order chi connectivity index (χ0) is 26.7. The number of hydrogen-bond acceptors (Lipinski definition) is 2. The van der Waals surface area contributed by atoms with Gasteiger partial charge in [-0.05, 0) is 25.7 Å². The standard InChI is InChI=1S/C35H70N2/c1-4-7-10-12-14-15-16-17-18-19-20-21-22-23-25-27-29-32-37-34-33-36(31-9-6-3)35(37)30-28-26-24-13-11-8-5-2/h33-35H,4-32H2,1-3H3. The molecule has 1 rings (SSSR count). The lowest BCUT2D eigenvalue weighted by Crippen LogP contribution is -2.39. The maximum absolute atomic E-state index is 2.68. The SMILES string of the molecule is CCCCCCCCCCCCCCCCCCCN1C=CN(CCCC)C1CCCCCCCCC. The highest BCUT2D eigenvalue weighted by Crippen LogP contribution is 2.23. The molecular formula is C35H70N2. The average molecular weight is 519 g/mol. The summed E-state index contributed by atoms with van der Waals surface area (Å²) in [5, 5.41) is 0. The molecule has 1 unspecified atom stereocenters. The summed E-state index contributed by atoms with van der Waals surface area (Å²) < 4.78 is 0. The van der Waals surface area contributed by atoms with Crippen LogP contribution in [0.2, 0.25) is 0 Å². The molecule has 2 nitrogen and oxygen atoms in total. The van der Waals surface area contributed by atoms with Crippen LogP contribution in [0, 0.1) is 0 Å². The first-order chi connectivity index (χ1) is 18.3. The first-order valence-corrected chi connectivity index (χ1v) is 17.5. The second kappa shape index (κ2) is 26.9. The zero-order valence-electron chi connectivity index (χ0n) is 26.1. The summed E-state index contributed by atoms with van der Waals surface area (Å²) in [6.45, 7) is 9.44. The fourth-order valence-electron chi connectivity index (χ4n) is 5.98. The van der Waals surface area contributed by atoms with E-state index in [1.54, 1.807) is 0 Å². The summed E-state index contributed by atoms with van der Waals surface area (Å²) in [5.74, 6) is 0. The van der Waals surface area contributed by atoms with Gasteiger partial charge in [0.2, 0.25) is 0 Å². The average Bonchev–Trinajstić information content (AvgIpc) is 3.29. The zero-order valence-corrected chi connectivity index (χ0v) is 26.1. The van der Waals surface area contributed by atoms with Crippen molar-refractivity contribution >= 4 is 0 Å². The molecule has 0 radical (unpaired) electrons. The van der Waals surface area contributed by atoms with Gasteiger partial charge in [0.25, 0.3) is 0 Å². The second-order valence-electron chi connectivity index (χ2n) is 12.2. The lowest BCUT2D eigenvalue weighted by molar-refractivity contribution is 0.136. The Bertz CT molecular complexity index is 474. The van der Waals surface area contributed by atoms with Crippen molar-refractivity contribution in [3.63, 3.8) is 0 Å². The van der Waals surface area contributed by atoms with Gasteiger partial charge in [-0.1, -0.05) is 168 Å². The van der Waals surface area contributed by atoms with Crippen molar-refractivity contribution in [1.29, 1.82) is 0 Å². The Hall–Kier alpha value is -0.660. The van der Waals surface area contributed by atoms with Crippen molar-refractivity contribution in [1.82, 2.24) is 9.80 Å². The van der Waals surface area contributed by atoms with Crippen LogP contribution < -0.4 is 0 Å². The van der Waals surface area contributed by atoms with Gasteiger partial charge in [-0.15, -0.1) is 0 Å². The Morgan fingerprint density at radius 1 is 0.351 bits per heavy atom. The maximum atomic E-state index is 2.68. The number of unbranched alkanes of at least 4 members (excludes halogenated alkanes) is 23. The molecule has 1 aliphatic rings. The molecule has 1 atom stereocenters. The molecule has 0 aliphatic carbocycles. The minimum atomic E-state index is 0.642. The first kappa shape index (κ1) is 34.4. The van der Waals surface area contributed by atoms with E-state index >= 15 is 0 Å². The molecule has 1 aliphatic heterocycles. The van der Waals surface area contributed by atoms with E-state index in [1.807, 2.05) is 0 Å². The normalized spacial score (nSPS) is 15.4. The van der Waals surface area contributed by atoms with Crippen LogP contribution in [0.15, 0.2) is 12.4 Å². The van der Waals surface area contributed by atoms with Gasteiger partial charge < -0.3 is 9.80 Å². The Balaban J connectivity index is 2.00. The number of hydrogen-bond donors (Lipinski definition) is 0. The van der Waals surface area contributed by atoms with Gasteiger partial charge in [-0.3, -0.25) is 0 Å². The highest BCUT2D eigenvalue weighted by atomic mass is 15.4. The molecule has 0 saturated heterocycles. The second-order valence-corrected chi connectivity index (χ2v) is 12.2. The third-order valence-corrected chi connectivity index (χ3v) is 8.57. The Kier molecular flexibility index (Phi) is 25.0. The summed E-state index contributed by atoms with van der Waals surface area (Å²) in [7, 11) is 0. The monoisotopic (exact) mass is 519 g/mol. The third-order valence-electron chi connectivity index (χ3n) is 8.57. The molecule has 0 aromatic carbocycles. The molecule has 0 N–H and O–H groups in total. The Morgan fingerprint density at radius 2 is 0.649 bits per heavy atom. The number of nitrogens with zero attached hydrogens (tertiary/aromatic N) is 2. The van der Waals surface area contributed by atoms with Crippen LogP contribution in [0.5, 0.6) is 0 Å². The van der Waals surface area contributed by atoms with Crippen LogP contribution in [0.25, 0.3) is 0 Å². The molecule has 37 heavy (non-hydrogen) atoms. The van der Waals surface area contributed by atoms with Crippen LogP contribution in [-0.2, 0) is 0 Å². The first-order valence-electron chi connectivity index (χ1n) is 17.5. The van der Waals surface area contributed by atoms with E-state index in [0.29, 0.717) is 6.17 Å². The molecule has 220 valence electrons. The van der Waals surface area contributed by atoms with Crippen LogP contribution in [0.4, 0.5) is 0 Å². The molecule has 0 aromatic rings. The minimum Gasteiger partial charge on any atom is -0.356 e. The lowest BCUT2D eigenvalue weighted by Gasteiger charge is -2.33. The van der Waals surface area contributed by atoms with Crippen LogP contribution in [-0.4, -0.2) is 29.1 Å². The van der Waals surface area contributed by atoms with Crippen molar-refractivity contribution in [2.24, 2.45) is 0 Å². The molecular weight excluding hydrogens is 448 g/mol. The quantitative estimate of drug-likeness (QED) is 0.0908. The predicted octanol–water partition coefficient (Wildman–Crippen LogP) is 12.0. The van der Waals surface area contributed by atoms with Crippen molar-refractivity contribution in [2.75, 3.05) is 13.1 Å². The fraction of sp³-hybridized carbons (Fsp3) is 0.943. The van der Waals surface area contributed by atoms with E-state index in [-0.39, 0.29) is 0 Å². The van der Waals surface area contributed by atoms with Crippen molar-refractivity contribution in [2.45, 2.75) is 200 Å². The van der Waals surface area contributed by atoms with Crippen LogP contribution in [0.1, 0.15) is 194 Å². The van der Waals surface area contributed by atoms with E-state index in [2.05, 4.69) is 43.0 Å². The van der Waals surface area contributed by atoms with Gasteiger partial charge in [0.15, 0.2) is 0 Å². The van der Waals surface area contributed by atoms with Gasteiger partial charge in [-0.25, -0.2) is 0 Å². The minimum absolute atomic E-state index is 0.642. The highest BCUT2D eigenvalue weighted by molar-refractivity contribution is 4.96. The van der Waals surface area contributed by atoms with E-state index in [0.717, 1.165) is 0 Å². The molecule has 0 amide bonds. The van der Waals surface area contributed by atoms with E-state index < -0.39 is 0 Å². The van der Waals surface area contributed by atoms with Gasteiger partial charge in [-0.2, -0.15) is 0 Å². The summed E-state index contributed by atoms with van der Waals surface area (Å²) in [5.41, 5.74) is 0. The third kappa shape index (κ3) is 20.0. The predicted molar refractivity (Wildman–Crippen MR) is 168 cm³/mol. The summed E-state index contributed by atoms with van der Waals surface area (Å²) >= 11 is 0. The molecule has 0 spiro atoms. The number of rotatable bonds is 29. The molecule has 0 saturated carbocycles. The van der Waals surface area contributed by atoms with Crippen LogP contribution >= 0.6 is 0 Å². The van der Waals surface area contributed by atoms with Crippen molar-refractivity contribution in [3.8, 4) is 0 Å². The molecule has 0 bridgehead atoms. The molecule has 1 heterocycles. The van der Waals surface area contributed by atoms with E-state index in [9.17, 15) is 0 Å². The van der Waals surface area contributed by atoms with Gasteiger partial charge >= 0.3 is 0 Å². The summed E-state index contributed by atoms with van der Waals surface area (Å²) in [6, 6.07) is 0.